The molecule has 5 N–H and O–H groups in total. The summed E-state index contributed by atoms with van der Waals surface area (Å²) in [7, 11) is 0. The van der Waals surface area contributed by atoms with Crippen molar-refractivity contribution >= 4 is 5.97 Å². The summed E-state index contributed by atoms with van der Waals surface area (Å²) in [5, 5.41) is 8.33. The zero-order valence-corrected chi connectivity index (χ0v) is 9.59. The van der Waals surface area contributed by atoms with Gasteiger partial charge in [0.25, 0.3) is 0 Å². The van der Waals surface area contributed by atoms with Crippen molar-refractivity contribution in [3.8, 4) is 0 Å². The minimum Gasteiger partial charge on any atom is -0.480 e. The Kier molecular flexibility index (Phi) is 10.0. The van der Waals surface area contributed by atoms with E-state index in [0.717, 1.165) is 12.8 Å². The van der Waals surface area contributed by atoms with Crippen molar-refractivity contribution in [1.29, 1.82) is 0 Å². The molecule has 0 aromatic rings. The molecule has 1 atom stereocenters. The van der Waals surface area contributed by atoms with E-state index in [0.29, 0.717) is 13.0 Å². The third-order valence-electron chi connectivity index (χ3n) is 1.29. The van der Waals surface area contributed by atoms with Crippen LogP contribution >= 0.6 is 0 Å². The standard InChI is InChI=1S/C6H14N2O2.Zn/c7-4-2-1-3-5(8)6(9)10;/h5H,1-4,7-8H2,(H,9,10);/t5-;/m0./s1. The Morgan fingerprint density at radius 2 is 2.00 bits per heavy atom. The maximum absolute atomic E-state index is 10.1. The van der Waals surface area contributed by atoms with Crippen LogP contribution in [0.25, 0.3) is 0 Å². The van der Waals surface area contributed by atoms with E-state index >= 15 is 0 Å². The fourth-order valence-electron chi connectivity index (χ4n) is 0.632. The van der Waals surface area contributed by atoms with Crippen molar-refractivity contribution in [3.63, 3.8) is 0 Å². The van der Waals surface area contributed by atoms with Gasteiger partial charge in [0.1, 0.15) is 6.04 Å². The molecule has 0 aromatic carbocycles. The molecule has 0 bridgehead atoms. The predicted octanol–water partition coefficient (Wildman–Crippen LogP) is -0.475. The molecule has 0 fully saturated rings. The van der Waals surface area contributed by atoms with Crippen molar-refractivity contribution in [1.82, 2.24) is 0 Å². The van der Waals surface area contributed by atoms with Gasteiger partial charge in [0.15, 0.2) is 0 Å². The van der Waals surface area contributed by atoms with Crippen LogP contribution in [0.15, 0.2) is 0 Å². The second-order valence-corrected chi connectivity index (χ2v) is 2.23. The Bertz CT molecular complexity index is 111. The molecule has 4 nitrogen and oxygen atoms in total. The largest absolute Gasteiger partial charge is 0.480 e. The average Bonchev–Trinajstić information content (AvgIpc) is 1.88. The molecule has 0 rings (SSSR count). The molecule has 0 aliphatic heterocycles. The Hall–Kier alpha value is 0.0134. The maximum Gasteiger partial charge on any atom is 0.320 e. The first-order valence-electron chi connectivity index (χ1n) is 3.37. The smallest absolute Gasteiger partial charge is 0.320 e. The van der Waals surface area contributed by atoms with E-state index in [1.54, 1.807) is 0 Å². The summed E-state index contributed by atoms with van der Waals surface area (Å²) in [5.41, 5.74) is 10.4. The first kappa shape index (κ1) is 13.6. The van der Waals surface area contributed by atoms with Gasteiger partial charge in [-0.2, -0.15) is 0 Å². The van der Waals surface area contributed by atoms with Crippen molar-refractivity contribution < 1.29 is 29.4 Å². The molecule has 0 unspecified atom stereocenters. The van der Waals surface area contributed by atoms with Gasteiger partial charge in [-0.3, -0.25) is 4.79 Å². The summed E-state index contributed by atoms with van der Waals surface area (Å²) in [6, 6.07) is -0.716. The van der Waals surface area contributed by atoms with E-state index in [2.05, 4.69) is 0 Å². The van der Waals surface area contributed by atoms with Crippen LogP contribution in [0.5, 0.6) is 0 Å². The van der Waals surface area contributed by atoms with Crippen LogP contribution in [0, 0.1) is 0 Å². The molecule has 0 aromatic heterocycles. The number of carbonyl (C=O) groups is 1. The molecule has 0 aliphatic rings. The normalized spacial score (nSPS) is 11.8. The van der Waals surface area contributed by atoms with Crippen molar-refractivity contribution in [2.45, 2.75) is 25.3 Å². The molecule has 0 heterocycles. The SMILES string of the molecule is NCCCC[C@H](N)C(=O)O.[Zn]. The van der Waals surface area contributed by atoms with E-state index in [1.807, 2.05) is 0 Å². The number of nitrogens with two attached hydrogens (primary N) is 2. The second kappa shape index (κ2) is 8.11. The summed E-state index contributed by atoms with van der Waals surface area (Å²) in [6.45, 7) is 0.604. The van der Waals surface area contributed by atoms with E-state index in [-0.39, 0.29) is 19.5 Å². The number of aliphatic carboxylic acids is 1. The van der Waals surface area contributed by atoms with Crippen LogP contribution in [-0.4, -0.2) is 23.7 Å². The van der Waals surface area contributed by atoms with Gasteiger partial charge >= 0.3 is 5.97 Å². The molecule has 0 saturated heterocycles. The fourth-order valence-corrected chi connectivity index (χ4v) is 0.632. The topological polar surface area (TPSA) is 89.3 Å². The van der Waals surface area contributed by atoms with Gasteiger partial charge < -0.3 is 16.6 Å². The summed E-state index contributed by atoms with van der Waals surface area (Å²) in [5.74, 6) is -0.933. The van der Waals surface area contributed by atoms with Gasteiger partial charge in [-0.25, -0.2) is 0 Å². The van der Waals surface area contributed by atoms with Gasteiger partial charge in [0.05, 0.1) is 0 Å². The minimum absolute atomic E-state index is 0. The molecule has 11 heavy (non-hydrogen) atoms. The second-order valence-electron chi connectivity index (χ2n) is 2.23. The van der Waals surface area contributed by atoms with Gasteiger partial charge in [-0.1, -0.05) is 6.42 Å². The van der Waals surface area contributed by atoms with Crippen LogP contribution in [0.2, 0.25) is 0 Å². The molecular formula is C6H14N2O2Zn. The number of hydrogen-bond acceptors (Lipinski definition) is 3. The monoisotopic (exact) mass is 210 g/mol. The Morgan fingerprint density at radius 1 is 1.45 bits per heavy atom. The molecule has 5 heteroatoms. The number of carboxylic acid groups (broad SMARTS) is 1. The Morgan fingerprint density at radius 3 is 2.36 bits per heavy atom. The van der Waals surface area contributed by atoms with Gasteiger partial charge in [0.2, 0.25) is 0 Å². The first-order valence-corrected chi connectivity index (χ1v) is 3.37. The minimum atomic E-state index is -0.933. The summed E-state index contributed by atoms with van der Waals surface area (Å²) >= 11 is 0. The van der Waals surface area contributed by atoms with Gasteiger partial charge in [-0.05, 0) is 19.4 Å². The first-order chi connectivity index (χ1) is 4.68. The summed E-state index contributed by atoms with van der Waals surface area (Å²) in [4.78, 5) is 10.1. The molecule has 0 amide bonds. The fraction of sp³-hybridized carbons (Fsp3) is 0.833. The summed E-state index contributed by atoms with van der Waals surface area (Å²) < 4.78 is 0. The van der Waals surface area contributed by atoms with Gasteiger partial charge in [0, 0.05) is 19.5 Å². The number of carboxylic acids is 1. The molecule has 0 spiro atoms. The Balaban J connectivity index is 0. The Labute approximate surface area is 79.1 Å². The molecule has 0 radical (unpaired) electrons. The van der Waals surface area contributed by atoms with Crippen LogP contribution in [0.4, 0.5) is 0 Å². The zero-order chi connectivity index (χ0) is 7.98. The van der Waals surface area contributed by atoms with E-state index in [1.165, 1.54) is 0 Å². The summed E-state index contributed by atoms with van der Waals surface area (Å²) in [6.07, 6.45) is 2.16. The number of unbranched alkanes of at least 4 members (excludes halogenated alkanes) is 1. The van der Waals surface area contributed by atoms with E-state index < -0.39 is 12.0 Å². The average molecular weight is 212 g/mol. The van der Waals surface area contributed by atoms with Gasteiger partial charge in [-0.15, -0.1) is 0 Å². The number of hydrogen-bond donors (Lipinski definition) is 3. The van der Waals surface area contributed by atoms with Crippen molar-refractivity contribution in [2.24, 2.45) is 11.5 Å². The molecule has 0 saturated carbocycles. The molecule has 62 valence electrons. The molecule has 0 aliphatic carbocycles. The van der Waals surface area contributed by atoms with Crippen molar-refractivity contribution in [3.05, 3.63) is 0 Å². The third kappa shape index (κ3) is 7.91. The molecular weight excluding hydrogens is 197 g/mol. The van der Waals surface area contributed by atoms with Crippen molar-refractivity contribution in [2.75, 3.05) is 6.54 Å². The van der Waals surface area contributed by atoms with Crippen LogP contribution in [-0.2, 0) is 24.3 Å². The van der Waals surface area contributed by atoms with Crippen LogP contribution < -0.4 is 11.5 Å². The predicted molar refractivity (Wildman–Crippen MR) is 38.5 cm³/mol. The van der Waals surface area contributed by atoms with E-state index in [9.17, 15) is 4.79 Å². The third-order valence-corrected chi connectivity index (χ3v) is 1.29. The number of rotatable bonds is 5. The maximum atomic E-state index is 10.1. The quantitative estimate of drug-likeness (QED) is 0.424. The van der Waals surface area contributed by atoms with Crippen LogP contribution in [0.1, 0.15) is 19.3 Å². The van der Waals surface area contributed by atoms with Crippen LogP contribution in [0.3, 0.4) is 0 Å². The zero-order valence-electron chi connectivity index (χ0n) is 6.62. The van der Waals surface area contributed by atoms with E-state index in [4.69, 9.17) is 16.6 Å².